The normalized spacial score (nSPS) is 10.2. The van der Waals surface area contributed by atoms with Crippen molar-refractivity contribution in [2.45, 2.75) is 20.4 Å². The summed E-state index contributed by atoms with van der Waals surface area (Å²) < 4.78 is 0. The molecular formula is C13H15N3O. The molecule has 0 saturated carbocycles. The molecule has 2 aromatic rings. The largest absolute Gasteiger partial charge is 0.348 e. The zero-order valence-electron chi connectivity index (χ0n) is 9.95. The molecule has 1 amide bonds. The number of nitrogens with one attached hydrogen (secondary N) is 2. The number of carbonyl (C=O) groups is 1. The van der Waals surface area contributed by atoms with Gasteiger partial charge in [0.05, 0.1) is 6.20 Å². The summed E-state index contributed by atoms with van der Waals surface area (Å²) >= 11 is 0. The lowest BCUT2D eigenvalue weighted by atomic mass is 10.1. The molecule has 0 radical (unpaired) electrons. The van der Waals surface area contributed by atoms with Gasteiger partial charge in [0.1, 0.15) is 0 Å². The number of aromatic nitrogens is 2. The van der Waals surface area contributed by atoms with E-state index in [9.17, 15) is 4.79 Å². The fraction of sp³-hybridized carbons (Fsp3) is 0.231. The summed E-state index contributed by atoms with van der Waals surface area (Å²) in [4.78, 5) is 11.9. The highest BCUT2D eigenvalue weighted by Crippen LogP contribution is 2.05. The van der Waals surface area contributed by atoms with Gasteiger partial charge in [0.25, 0.3) is 5.91 Å². The number of aryl methyl sites for hydroxylation is 2. The Labute approximate surface area is 100 Å². The third-order valence-electron chi connectivity index (χ3n) is 2.65. The van der Waals surface area contributed by atoms with Crippen LogP contribution < -0.4 is 5.32 Å². The van der Waals surface area contributed by atoms with Gasteiger partial charge in [-0.3, -0.25) is 9.89 Å². The van der Waals surface area contributed by atoms with E-state index < -0.39 is 0 Å². The molecule has 0 aliphatic carbocycles. The highest BCUT2D eigenvalue weighted by atomic mass is 16.1. The van der Waals surface area contributed by atoms with Crippen LogP contribution in [0.1, 0.15) is 27.2 Å². The summed E-state index contributed by atoms with van der Waals surface area (Å²) in [6.07, 6.45) is 1.73. The molecule has 2 rings (SSSR count). The fourth-order valence-corrected chi connectivity index (χ4v) is 1.62. The topological polar surface area (TPSA) is 57.8 Å². The Kier molecular flexibility index (Phi) is 3.23. The first-order valence-corrected chi connectivity index (χ1v) is 5.50. The van der Waals surface area contributed by atoms with Gasteiger partial charge in [-0.15, -0.1) is 0 Å². The summed E-state index contributed by atoms with van der Waals surface area (Å²) in [5.74, 6) is -0.0608. The van der Waals surface area contributed by atoms with E-state index in [0.717, 1.165) is 16.8 Å². The number of amides is 1. The Hall–Kier alpha value is -2.10. The van der Waals surface area contributed by atoms with E-state index in [1.165, 1.54) is 0 Å². The number of hydrogen-bond donors (Lipinski definition) is 2. The monoisotopic (exact) mass is 229 g/mol. The molecule has 1 aromatic heterocycles. The fourth-order valence-electron chi connectivity index (χ4n) is 1.62. The van der Waals surface area contributed by atoms with Crippen molar-refractivity contribution in [3.8, 4) is 0 Å². The molecule has 0 saturated heterocycles. The minimum Gasteiger partial charge on any atom is -0.348 e. The average molecular weight is 229 g/mol. The molecular weight excluding hydrogens is 214 g/mol. The number of benzene rings is 1. The van der Waals surface area contributed by atoms with Crippen LogP contribution in [0.25, 0.3) is 0 Å². The molecule has 88 valence electrons. The van der Waals surface area contributed by atoms with Crippen LogP contribution in [0.4, 0.5) is 0 Å². The van der Waals surface area contributed by atoms with E-state index in [4.69, 9.17) is 0 Å². The van der Waals surface area contributed by atoms with Crippen molar-refractivity contribution in [2.75, 3.05) is 0 Å². The molecule has 0 aliphatic heterocycles. The third kappa shape index (κ3) is 2.72. The summed E-state index contributed by atoms with van der Waals surface area (Å²) in [7, 11) is 0. The van der Waals surface area contributed by atoms with Crippen molar-refractivity contribution in [1.82, 2.24) is 15.5 Å². The number of nitrogens with zero attached hydrogens (tertiary/aromatic N) is 1. The average Bonchev–Trinajstić information content (AvgIpc) is 2.72. The lowest BCUT2D eigenvalue weighted by molar-refractivity contribution is 0.0951. The van der Waals surface area contributed by atoms with Crippen LogP contribution in [-0.2, 0) is 6.54 Å². The molecule has 0 aliphatic rings. The molecule has 4 nitrogen and oxygen atoms in total. The number of H-pyrrole nitrogens is 1. The van der Waals surface area contributed by atoms with Gasteiger partial charge in [-0.1, -0.05) is 17.7 Å². The van der Waals surface area contributed by atoms with E-state index >= 15 is 0 Å². The number of rotatable bonds is 3. The van der Waals surface area contributed by atoms with Gasteiger partial charge in [-0.25, -0.2) is 0 Å². The number of hydrogen-bond acceptors (Lipinski definition) is 2. The van der Waals surface area contributed by atoms with Crippen LogP contribution in [0.15, 0.2) is 30.5 Å². The van der Waals surface area contributed by atoms with Crippen LogP contribution >= 0.6 is 0 Å². The molecule has 0 fully saturated rings. The Morgan fingerprint density at radius 1 is 1.41 bits per heavy atom. The molecule has 1 aromatic carbocycles. The minimum absolute atomic E-state index is 0.0608. The summed E-state index contributed by atoms with van der Waals surface area (Å²) in [6.45, 7) is 4.40. The second-order valence-electron chi connectivity index (χ2n) is 4.07. The summed E-state index contributed by atoms with van der Waals surface area (Å²) in [6, 6.07) is 7.53. The van der Waals surface area contributed by atoms with Crippen molar-refractivity contribution in [2.24, 2.45) is 0 Å². The predicted octanol–water partition coefficient (Wildman–Crippen LogP) is 1.96. The van der Waals surface area contributed by atoms with Crippen molar-refractivity contribution in [3.63, 3.8) is 0 Å². The molecule has 0 spiro atoms. The van der Waals surface area contributed by atoms with Crippen molar-refractivity contribution in [3.05, 3.63) is 52.8 Å². The van der Waals surface area contributed by atoms with Gasteiger partial charge in [-0.05, 0) is 26.0 Å². The summed E-state index contributed by atoms with van der Waals surface area (Å²) in [5, 5.41) is 9.62. The van der Waals surface area contributed by atoms with E-state index in [2.05, 4.69) is 15.5 Å². The molecule has 17 heavy (non-hydrogen) atoms. The molecule has 0 bridgehead atoms. The highest BCUT2D eigenvalue weighted by molar-refractivity contribution is 5.94. The summed E-state index contributed by atoms with van der Waals surface area (Å²) in [5.41, 5.74) is 3.75. The van der Waals surface area contributed by atoms with Gasteiger partial charge in [0.15, 0.2) is 0 Å². The van der Waals surface area contributed by atoms with Crippen molar-refractivity contribution >= 4 is 5.91 Å². The minimum atomic E-state index is -0.0608. The number of aromatic amines is 1. The predicted molar refractivity (Wildman–Crippen MR) is 65.7 cm³/mol. The molecule has 4 heteroatoms. The zero-order chi connectivity index (χ0) is 12.3. The van der Waals surface area contributed by atoms with Crippen LogP contribution in [-0.4, -0.2) is 16.1 Å². The Morgan fingerprint density at radius 2 is 2.24 bits per heavy atom. The molecule has 2 N–H and O–H groups in total. The maximum Gasteiger partial charge on any atom is 0.251 e. The van der Waals surface area contributed by atoms with E-state index in [0.29, 0.717) is 12.1 Å². The Bertz CT molecular complexity index is 531. The first-order valence-electron chi connectivity index (χ1n) is 5.50. The van der Waals surface area contributed by atoms with Gasteiger partial charge in [-0.2, -0.15) is 5.10 Å². The molecule has 0 atom stereocenters. The third-order valence-corrected chi connectivity index (χ3v) is 2.65. The SMILES string of the molecule is Cc1cccc(C(=O)NCc2cn[nH]c2C)c1. The number of carbonyl (C=O) groups excluding carboxylic acids is 1. The van der Waals surface area contributed by atoms with E-state index in [-0.39, 0.29) is 5.91 Å². The van der Waals surface area contributed by atoms with Crippen LogP contribution in [0, 0.1) is 13.8 Å². The zero-order valence-corrected chi connectivity index (χ0v) is 9.95. The van der Waals surface area contributed by atoms with Gasteiger partial charge in [0, 0.05) is 23.4 Å². The second kappa shape index (κ2) is 4.82. The van der Waals surface area contributed by atoms with E-state index in [1.54, 1.807) is 6.20 Å². The standard InChI is InChI=1S/C13H15N3O/c1-9-4-3-5-11(6-9)13(17)14-7-12-8-15-16-10(12)2/h3-6,8H,7H2,1-2H3,(H,14,17)(H,15,16). The Balaban J connectivity index is 2.01. The van der Waals surface area contributed by atoms with Crippen molar-refractivity contribution < 1.29 is 4.79 Å². The molecule has 0 unspecified atom stereocenters. The quantitative estimate of drug-likeness (QED) is 0.845. The van der Waals surface area contributed by atoms with Crippen LogP contribution in [0.2, 0.25) is 0 Å². The lowest BCUT2D eigenvalue weighted by Gasteiger charge is -2.05. The first kappa shape index (κ1) is 11.4. The lowest BCUT2D eigenvalue weighted by Crippen LogP contribution is -2.22. The maximum absolute atomic E-state index is 11.9. The maximum atomic E-state index is 11.9. The van der Waals surface area contributed by atoms with Crippen LogP contribution in [0.3, 0.4) is 0 Å². The second-order valence-corrected chi connectivity index (χ2v) is 4.07. The van der Waals surface area contributed by atoms with Crippen LogP contribution in [0.5, 0.6) is 0 Å². The molecule has 1 heterocycles. The smallest absolute Gasteiger partial charge is 0.251 e. The highest BCUT2D eigenvalue weighted by Gasteiger charge is 2.06. The van der Waals surface area contributed by atoms with Gasteiger partial charge >= 0.3 is 0 Å². The van der Waals surface area contributed by atoms with Gasteiger partial charge < -0.3 is 5.32 Å². The van der Waals surface area contributed by atoms with E-state index in [1.807, 2.05) is 38.1 Å². The van der Waals surface area contributed by atoms with Crippen molar-refractivity contribution in [1.29, 1.82) is 0 Å². The Morgan fingerprint density at radius 3 is 2.88 bits per heavy atom. The van der Waals surface area contributed by atoms with Gasteiger partial charge in [0.2, 0.25) is 0 Å². The first-order chi connectivity index (χ1) is 8.16.